The normalized spacial score (nSPS) is 10.6. The molecule has 0 saturated carbocycles. The summed E-state index contributed by atoms with van der Waals surface area (Å²) in [6.45, 7) is 5.46. The molecule has 1 aromatic heterocycles. The highest BCUT2D eigenvalue weighted by Gasteiger charge is 2.13. The van der Waals surface area contributed by atoms with E-state index >= 15 is 0 Å². The Kier molecular flexibility index (Phi) is 3.36. The fraction of sp³-hybridized carbons (Fsp3) is 0.333. The second-order valence-electron chi connectivity index (χ2n) is 3.83. The molecule has 0 aliphatic carbocycles. The van der Waals surface area contributed by atoms with Crippen molar-refractivity contribution in [3.63, 3.8) is 0 Å². The van der Waals surface area contributed by atoms with Crippen LogP contribution in [-0.2, 0) is 6.54 Å². The van der Waals surface area contributed by atoms with Crippen molar-refractivity contribution in [1.82, 2.24) is 14.8 Å². The number of hydrogen-bond donors (Lipinski definition) is 3. The van der Waals surface area contributed by atoms with Gasteiger partial charge in [0, 0.05) is 18.7 Å². The summed E-state index contributed by atoms with van der Waals surface area (Å²) in [5.41, 5.74) is 0.712. The zero-order valence-corrected chi connectivity index (χ0v) is 10.4. The number of aromatic hydroxyl groups is 2. The molecule has 18 heavy (non-hydrogen) atoms. The summed E-state index contributed by atoms with van der Waals surface area (Å²) in [7, 11) is 0. The third-order valence-electron chi connectivity index (χ3n) is 2.64. The molecule has 0 amide bonds. The number of phenols is 2. The molecule has 0 fully saturated rings. The van der Waals surface area contributed by atoms with Crippen molar-refractivity contribution in [3.05, 3.63) is 18.2 Å². The van der Waals surface area contributed by atoms with Gasteiger partial charge in [0.15, 0.2) is 17.3 Å². The lowest BCUT2D eigenvalue weighted by Gasteiger charge is -2.08. The van der Waals surface area contributed by atoms with E-state index < -0.39 is 0 Å². The van der Waals surface area contributed by atoms with Gasteiger partial charge in [0.05, 0.1) is 0 Å². The summed E-state index contributed by atoms with van der Waals surface area (Å²) in [5.74, 6) is 1.04. The number of nitrogens with zero attached hydrogens (tertiary/aromatic N) is 3. The Hall–Kier alpha value is -2.24. The monoisotopic (exact) mass is 248 g/mol. The molecule has 1 aromatic carbocycles. The molecule has 0 atom stereocenters. The van der Waals surface area contributed by atoms with E-state index in [9.17, 15) is 10.2 Å². The third kappa shape index (κ3) is 2.09. The highest BCUT2D eigenvalue weighted by molar-refractivity contribution is 5.62. The lowest BCUT2D eigenvalue weighted by atomic mass is 10.2. The van der Waals surface area contributed by atoms with Gasteiger partial charge < -0.3 is 15.5 Å². The number of benzene rings is 1. The first-order valence-corrected chi connectivity index (χ1v) is 5.86. The van der Waals surface area contributed by atoms with Gasteiger partial charge in [-0.15, -0.1) is 10.2 Å². The summed E-state index contributed by atoms with van der Waals surface area (Å²) in [6.07, 6.45) is 0. The van der Waals surface area contributed by atoms with Gasteiger partial charge in [-0.25, -0.2) is 0 Å². The van der Waals surface area contributed by atoms with Gasteiger partial charge in [0.25, 0.3) is 0 Å². The first-order valence-electron chi connectivity index (χ1n) is 5.86. The van der Waals surface area contributed by atoms with E-state index in [0.29, 0.717) is 23.9 Å². The van der Waals surface area contributed by atoms with E-state index in [1.807, 2.05) is 18.4 Å². The molecule has 0 radical (unpaired) electrons. The Balaban J connectivity index is 2.46. The molecule has 0 aliphatic heterocycles. The zero-order chi connectivity index (χ0) is 13.1. The summed E-state index contributed by atoms with van der Waals surface area (Å²) in [6, 6.07) is 4.61. The van der Waals surface area contributed by atoms with E-state index in [2.05, 4.69) is 15.5 Å². The van der Waals surface area contributed by atoms with E-state index in [-0.39, 0.29) is 11.5 Å². The van der Waals surface area contributed by atoms with Gasteiger partial charge in [0.2, 0.25) is 5.95 Å². The second-order valence-corrected chi connectivity index (χ2v) is 3.83. The van der Waals surface area contributed by atoms with Crippen LogP contribution in [0.15, 0.2) is 18.2 Å². The molecule has 3 N–H and O–H groups in total. The molecule has 0 unspecified atom stereocenters. The summed E-state index contributed by atoms with van der Waals surface area (Å²) >= 11 is 0. The fourth-order valence-corrected chi connectivity index (χ4v) is 1.77. The average Bonchev–Trinajstić information content (AvgIpc) is 2.76. The van der Waals surface area contributed by atoms with Crippen LogP contribution in [0.1, 0.15) is 13.8 Å². The Morgan fingerprint density at radius 3 is 2.56 bits per heavy atom. The molecule has 2 aromatic rings. The van der Waals surface area contributed by atoms with Crippen molar-refractivity contribution in [2.24, 2.45) is 0 Å². The molecule has 2 rings (SSSR count). The van der Waals surface area contributed by atoms with Crippen LogP contribution in [0.25, 0.3) is 11.4 Å². The quantitative estimate of drug-likeness (QED) is 0.719. The number of anilines is 1. The minimum Gasteiger partial charge on any atom is -0.504 e. The Bertz CT molecular complexity index is 551. The van der Waals surface area contributed by atoms with Crippen molar-refractivity contribution in [1.29, 1.82) is 0 Å². The Labute approximate surface area is 105 Å². The average molecular weight is 248 g/mol. The minimum absolute atomic E-state index is 0.145. The van der Waals surface area contributed by atoms with Crippen LogP contribution in [0.4, 0.5) is 5.95 Å². The third-order valence-corrected chi connectivity index (χ3v) is 2.64. The predicted octanol–water partition coefficient (Wildman–Crippen LogP) is 1.81. The van der Waals surface area contributed by atoms with Crippen molar-refractivity contribution >= 4 is 5.95 Å². The van der Waals surface area contributed by atoms with Gasteiger partial charge >= 0.3 is 0 Å². The molecular formula is C12H16N4O2. The Morgan fingerprint density at radius 2 is 1.94 bits per heavy atom. The molecule has 0 spiro atoms. The maximum atomic E-state index is 9.51. The molecule has 0 aliphatic rings. The number of phenolic OH excluding ortho intramolecular Hbond substituents is 2. The summed E-state index contributed by atoms with van der Waals surface area (Å²) in [4.78, 5) is 0. The van der Waals surface area contributed by atoms with Crippen molar-refractivity contribution in [2.45, 2.75) is 20.4 Å². The van der Waals surface area contributed by atoms with Crippen molar-refractivity contribution < 1.29 is 10.2 Å². The minimum atomic E-state index is -0.164. The van der Waals surface area contributed by atoms with E-state index in [4.69, 9.17) is 0 Å². The number of aromatic nitrogens is 3. The molecule has 6 nitrogen and oxygen atoms in total. The van der Waals surface area contributed by atoms with Crippen LogP contribution < -0.4 is 5.32 Å². The van der Waals surface area contributed by atoms with Gasteiger partial charge in [-0.3, -0.25) is 4.57 Å². The standard InChI is InChI=1S/C12H16N4O2/c1-3-13-12-15-14-11(16(12)4-2)8-5-6-9(17)10(18)7-8/h5-7,17-18H,3-4H2,1-2H3,(H,13,15). The highest BCUT2D eigenvalue weighted by Crippen LogP contribution is 2.30. The zero-order valence-electron chi connectivity index (χ0n) is 10.4. The number of hydrogen-bond acceptors (Lipinski definition) is 5. The van der Waals surface area contributed by atoms with Crippen molar-refractivity contribution in [3.8, 4) is 22.9 Å². The second kappa shape index (κ2) is 4.95. The molecule has 0 saturated heterocycles. The first-order chi connectivity index (χ1) is 8.67. The Morgan fingerprint density at radius 1 is 1.17 bits per heavy atom. The molecule has 96 valence electrons. The van der Waals surface area contributed by atoms with E-state index in [1.165, 1.54) is 12.1 Å². The van der Waals surface area contributed by atoms with Crippen LogP contribution in [0, 0.1) is 0 Å². The van der Waals surface area contributed by atoms with Crippen LogP contribution in [0.5, 0.6) is 11.5 Å². The van der Waals surface area contributed by atoms with Gasteiger partial charge in [-0.2, -0.15) is 0 Å². The topological polar surface area (TPSA) is 83.2 Å². The fourth-order valence-electron chi connectivity index (χ4n) is 1.77. The molecule has 6 heteroatoms. The van der Waals surface area contributed by atoms with Crippen LogP contribution >= 0.6 is 0 Å². The maximum Gasteiger partial charge on any atom is 0.224 e. The van der Waals surface area contributed by atoms with Crippen LogP contribution in [0.3, 0.4) is 0 Å². The lowest BCUT2D eigenvalue weighted by Crippen LogP contribution is -2.06. The highest BCUT2D eigenvalue weighted by atomic mass is 16.3. The summed E-state index contributed by atoms with van der Waals surface area (Å²) in [5, 5.41) is 30.1. The maximum absolute atomic E-state index is 9.51. The SMILES string of the molecule is CCNc1nnc(-c2ccc(O)c(O)c2)n1CC. The first kappa shape index (κ1) is 12.2. The molecule has 0 bridgehead atoms. The van der Waals surface area contributed by atoms with Crippen LogP contribution in [-0.4, -0.2) is 31.5 Å². The smallest absolute Gasteiger partial charge is 0.224 e. The van der Waals surface area contributed by atoms with E-state index in [0.717, 1.165) is 6.54 Å². The van der Waals surface area contributed by atoms with Gasteiger partial charge in [-0.05, 0) is 32.0 Å². The van der Waals surface area contributed by atoms with Crippen molar-refractivity contribution in [2.75, 3.05) is 11.9 Å². The molecular weight excluding hydrogens is 232 g/mol. The van der Waals surface area contributed by atoms with E-state index in [1.54, 1.807) is 6.07 Å². The number of rotatable bonds is 4. The summed E-state index contributed by atoms with van der Waals surface area (Å²) < 4.78 is 1.91. The largest absolute Gasteiger partial charge is 0.504 e. The van der Waals surface area contributed by atoms with Crippen LogP contribution in [0.2, 0.25) is 0 Å². The predicted molar refractivity (Wildman–Crippen MR) is 68.6 cm³/mol. The number of nitrogens with one attached hydrogen (secondary N) is 1. The lowest BCUT2D eigenvalue weighted by molar-refractivity contribution is 0.404. The molecule has 1 heterocycles. The van der Waals surface area contributed by atoms with Gasteiger partial charge in [-0.1, -0.05) is 0 Å². The van der Waals surface area contributed by atoms with Gasteiger partial charge in [0.1, 0.15) is 0 Å².